The Morgan fingerprint density at radius 1 is 0.587 bits per heavy atom. The van der Waals surface area contributed by atoms with Gasteiger partial charge in [0.2, 0.25) is 0 Å². The van der Waals surface area contributed by atoms with Crippen LogP contribution in [0.5, 0.6) is 11.5 Å². The summed E-state index contributed by atoms with van der Waals surface area (Å²) in [4.78, 5) is 30.1. The van der Waals surface area contributed by atoms with Crippen LogP contribution >= 0.6 is 46.4 Å². The molecule has 0 heterocycles. The first-order chi connectivity index (χ1) is 22.4. The number of hydrogen-bond acceptors (Lipinski definition) is 4. The minimum Gasteiger partial charge on any atom is -0.494 e. The number of nitrogens with one attached hydrogen (secondary N) is 2. The van der Waals surface area contributed by atoms with Gasteiger partial charge in [-0.2, -0.15) is 0 Å². The van der Waals surface area contributed by atoms with E-state index in [0.717, 1.165) is 76.2 Å². The van der Waals surface area contributed by atoms with Crippen LogP contribution in [-0.2, 0) is 0 Å². The topological polar surface area (TPSA) is 61.5 Å². The van der Waals surface area contributed by atoms with E-state index in [1.165, 1.54) is 9.80 Å². The van der Waals surface area contributed by atoms with Crippen molar-refractivity contribution in [1.82, 2.24) is 0 Å². The molecule has 2 rings (SSSR count). The lowest BCUT2D eigenvalue weighted by Crippen LogP contribution is -3.13. The van der Waals surface area contributed by atoms with E-state index in [1.54, 1.807) is 0 Å². The largest absolute Gasteiger partial charge is 0.494 e. The number of ether oxygens (including phenoxy) is 2. The highest BCUT2D eigenvalue weighted by Crippen LogP contribution is 2.22. The van der Waals surface area contributed by atoms with E-state index in [9.17, 15) is 9.59 Å². The first-order valence-corrected chi connectivity index (χ1v) is 19.0. The Balaban J connectivity index is 2.17. The van der Waals surface area contributed by atoms with E-state index >= 15 is 0 Å². The number of unbranched alkanes of at least 4 members (excludes halogenated alkanes) is 1. The monoisotopic (exact) mass is 718 g/mol. The molecule has 0 aliphatic heterocycles. The first kappa shape index (κ1) is 40.6. The van der Waals surface area contributed by atoms with Crippen LogP contribution in [0, 0.1) is 11.8 Å². The van der Waals surface area contributed by atoms with Crippen molar-refractivity contribution in [3.05, 3.63) is 59.7 Å². The highest BCUT2D eigenvalue weighted by atomic mass is 35.5. The van der Waals surface area contributed by atoms with Gasteiger partial charge < -0.3 is 19.3 Å². The summed E-state index contributed by atoms with van der Waals surface area (Å²) >= 11 is 24.4. The maximum absolute atomic E-state index is 13.8. The molecular formula is C36H54Cl4N2O4+2. The highest BCUT2D eigenvalue weighted by molar-refractivity contribution is 6.18. The number of quaternary nitrogens is 2. The summed E-state index contributed by atoms with van der Waals surface area (Å²) in [5.41, 5.74) is 1.37. The van der Waals surface area contributed by atoms with E-state index in [-0.39, 0.29) is 23.4 Å². The van der Waals surface area contributed by atoms with Crippen LogP contribution in [0.25, 0.3) is 0 Å². The predicted molar refractivity (Wildman–Crippen MR) is 193 cm³/mol. The van der Waals surface area contributed by atoms with E-state index in [4.69, 9.17) is 55.9 Å². The van der Waals surface area contributed by atoms with Crippen molar-refractivity contribution in [1.29, 1.82) is 0 Å². The van der Waals surface area contributed by atoms with Crippen molar-refractivity contribution >= 4 is 58.0 Å². The Kier molecular flexibility index (Phi) is 21.7. The van der Waals surface area contributed by atoms with Crippen LogP contribution in [0.1, 0.15) is 73.1 Å². The minimum atomic E-state index is -0.178. The molecule has 2 N–H and O–H groups in total. The number of halogens is 4. The molecule has 2 aromatic rings. The fourth-order valence-electron chi connectivity index (χ4n) is 5.66. The molecule has 258 valence electrons. The smallest absolute Gasteiger partial charge is 0.171 e. The quantitative estimate of drug-likeness (QED) is 0.0692. The summed E-state index contributed by atoms with van der Waals surface area (Å²) in [6.07, 6.45) is 4.97. The Morgan fingerprint density at radius 2 is 0.913 bits per heavy atom. The predicted octanol–water partition coefficient (Wildman–Crippen LogP) is 5.85. The summed E-state index contributed by atoms with van der Waals surface area (Å²) in [5.74, 6) is 3.47. The van der Waals surface area contributed by atoms with Crippen LogP contribution in [0.2, 0.25) is 0 Å². The summed E-state index contributed by atoms with van der Waals surface area (Å²) < 4.78 is 11.4. The second-order valence-corrected chi connectivity index (χ2v) is 13.3. The van der Waals surface area contributed by atoms with Gasteiger partial charge >= 0.3 is 0 Å². The van der Waals surface area contributed by atoms with Crippen LogP contribution < -0.4 is 19.3 Å². The summed E-state index contributed by atoms with van der Waals surface area (Å²) in [6.45, 7) is 9.76. The number of ketones is 2. The molecule has 10 heteroatoms. The van der Waals surface area contributed by atoms with Gasteiger partial charge in [0, 0.05) is 11.1 Å². The van der Waals surface area contributed by atoms with Crippen molar-refractivity contribution < 1.29 is 28.9 Å². The molecule has 2 atom stereocenters. The average molecular weight is 721 g/mol. The van der Waals surface area contributed by atoms with Crippen LogP contribution in [0.3, 0.4) is 0 Å². The molecule has 0 aliphatic carbocycles. The Morgan fingerprint density at radius 3 is 1.20 bits per heavy atom. The number of benzene rings is 2. The maximum Gasteiger partial charge on any atom is 0.171 e. The lowest BCUT2D eigenvalue weighted by Gasteiger charge is -2.25. The number of carbonyl (C=O) groups excluding carboxylic acids is 2. The zero-order valence-corrected chi connectivity index (χ0v) is 30.7. The van der Waals surface area contributed by atoms with Gasteiger partial charge in [-0.25, -0.2) is 0 Å². The molecule has 0 bridgehead atoms. The van der Waals surface area contributed by atoms with E-state index in [2.05, 4.69) is 13.8 Å². The fraction of sp³-hybridized carbons (Fsp3) is 0.611. The third kappa shape index (κ3) is 15.1. The first-order valence-electron chi connectivity index (χ1n) is 16.9. The summed E-state index contributed by atoms with van der Waals surface area (Å²) in [5, 5.41) is 0. The van der Waals surface area contributed by atoms with Crippen LogP contribution in [-0.4, -0.2) is 87.6 Å². The highest BCUT2D eigenvalue weighted by Gasteiger charge is 2.28. The lowest BCUT2D eigenvalue weighted by atomic mass is 9.88. The number of rotatable bonds is 27. The third-order valence-electron chi connectivity index (χ3n) is 8.18. The van der Waals surface area contributed by atoms with Crippen molar-refractivity contribution in [2.45, 2.75) is 52.4 Å². The lowest BCUT2D eigenvalue weighted by molar-refractivity contribution is -0.897. The SMILES string of the molecule is CCCOc1ccc(C(=O)C(CCCCC(C[NH+](CCCl)CCCl)C(=O)c2ccc(OCCC)cc2)C[NH+](CCCl)CCCl)cc1. The fourth-order valence-corrected chi connectivity index (χ4v) is 6.73. The van der Waals surface area contributed by atoms with Crippen molar-refractivity contribution in [2.75, 3.05) is 76.0 Å². The number of alkyl halides is 4. The Labute approximate surface area is 297 Å². The number of hydrogen-bond donors (Lipinski definition) is 2. The second-order valence-electron chi connectivity index (χ2n) is 11.8. The summed E-state index contributed by atoms with van der Waals surface area (Å²) in [6, 6.07) is 14.9. The molecule has 2 aromatic carbocycles. The van der Waals surface area contributed by atoms with Gasteiger partial charge in [0.15, 0.2) is 11.6 Å². The van der Waals surface area contributed by atoms with Gasteiger partial charge in [-0.05, 0) is 74.2 Å². The third-order valence-corrected chi connectivity index (χ3v) is 8.94. The molecule has 0 saturated carbocycles. The van der Waals surface area contributed by atoms with Crippen molar-refractivity contribution in [3.8, 4) is 11.5 Å². The van der Waals surface area contributed by atoms with Gasteiger partial charge in [0.25, 0.3) is 0 Å². The van der Waals surface area contributed by atoms with E-state index in [0.29, 0.717) is 61.0 Å². The van der Waals surface area contributed by atoms with Gasteiger partial charge in [-0.1, -0.05) is 26.7 Å². The zero-order chi connectivity index (χ0) is 33.6. The molecule has 0 spiro atoms. The normalized spacial score (nSPS) is 12.8. The van der Waals surface area contributed by atoms with Gasteiger partial charge in [0.1, 0.15) is 11.5 Å². The van der Waals surface area contributed by atoms with Crippen molar-refractivity contribution in [2.24, 2.45) is 11.8 Å². The van der Waals surface area contributed by atoms with Crippen LogP contribution in [0.4, 0.5) is 0 Å². The molecule has 46 heavy (non-hydrogen) atoms. The van der Waals surface area contributed by atoms with E-state index < -0.39 is 0 Å². The Hall–Kier alpha value is -1.54. The molecule has 0 amide bonds. The molecule has 0 aliphatic rings. The Bertz CT molecular complexity index is 1000. The zero-order valence-electron chi connectivity index (χ0n) is 27.6. The van der Waals surface area contributed by atoms with Crippen molar-refractivity contribution in [3.63, 3.8) is 0 Å². The average Bonchev–Trinajstić information content (AvgIpc) is 3.07. The number of carbonyl (C=O) groups is 2. The summed E-state index contributed by atoms with van der Waals surface area (Å²) in [7, 11) is 0. The van der Waals surface area contributed by atoms with E-state index in [1.807, 2.05) is 48.5 Å². The van der Waals surface area contributed by atoms with Crippen LogP contribution in [0.15, 0.2) is 48.5 Å². The molecule has 0 aromatic heterocycles. The second kappa shape index (κ2) is 24.6. The van der Waals surface area contributed by atoms with Gasteiger partial charge in [-0.3, -0.25) is 9.59 Å². The molecular weight excluding hydrogens is 666 g/mol. The molecule has 2 unspecified atom stereocenters. The van der Waals surface area contributed by atoms with Gasteiger partial charge in [-0.15, -0.1) is 46.4 Å². The standard InChI is InChI=1S/C36H52Cl4N2O4/c1-3-25-45-33-13-9-29(10-14-33)35(43)31(27-41(21-17-37)22-18-38)7-5-6-8-32(28-42(23-19-39)24-20-40)36(44)30-11-15-34(16-12-30)46-26-4-2/h9-16,31-32H,3-8,17-28H2,1-2H3/p+2. The number of Topliss-reactive ketones (excluding diaryl/α,β-unsaturated/α-hetero) is 2. The molecule has 0 saturated heterocycles. The molecule has 6 nitrogen and oxygen atoms in total. The minimum absolute atomic E-state index is 0.126. The molecule has 0 fully saturated rings. The maximum atomic E-state index is 13.8. The molecule has 0 radical (unpaired) electrons. The van der Waals surface area contributed by atoms with Gasteiger partial charge in [0.05, 0.1) is 87.8 Å².